The van der Waals surface area contributed by atoms with E-state index < -0.39 is 0 Å². The molecule has 0 radical (unpaired) electrons. The van der Waals surface area contributed by atoms with Gasteiger partial charge in [-0.05, 0) is 24.8 Å². The number of esters is 1. The van der Waals surface area contributed by atoms with Crippen LogP contribution < -0.4 is 5.32 Å². The Morgan fingerprint density at radius 3 is 2.48 bits per heavy atom. The zero-order chi connectivity index (χ0) is 16.9. The van der Waals surface area contributed by atoms with Gasteiger partial charge in [-0.25, -0.2) is 4.79 Å². The number of ether oxygens (including phenoxy) is 1. The van der Waals surface area contributed by atoms with Gasteiger partial charge >= 0.3 is 5.97 Å². The van der Waals surface area contributed by atoms with Crippen molar-refractivity contribution in [1.29, 1.82) is 0 Å². The topological polar surface area (TPSA) is 55.4 Å². The first kappa shape index (κ1) is 18.7. The lowest BCUT2D eigenvalue weighted by molar-refractivity contribution is -0.137. The minimum Gasteiger partial charge on any atom is -0.463 e. The van der Waals surface area contributed by atoms with Crippen molar-refractivity contribution in [2.45, 2.75) is 32.1 Å². The summed E-state index contributed by atoms with van der Waals surface area (Å²) in [6.45, 7) is 8.24. The van der Waals surface area contributed by atoms with E-state index in [2.05, 4.69) is 18.5 Å². The summed E-state index contributed by atoms with van der Waals surface area (Å²) < 4.78 is 4.89. The highest BCUT2D eigenvalue weighted by atomic mass is 16.5. The van der Waals surface area contributed by atoms with Crippen molar-refractivity contribution in [3.63, 3.8) is 0 Å². The van der Waals surface area contributed by atoms with Crippen molar-refractivity contribution in [3.8, 4) is 0 Å². The second-order valence-electron chi connectivity index (χ2n) is 5.31. The number of amides is 1. The summed E-state index contributed by atoms with van der Waals surface area (Å²) in [5.74, 6) is -0.469. The molecule has 0 saturated heterocycles. The minimum atomic E-state index is -0.380. The lowest BCUT2D eigenvalue weighted by Gasteiger charge is -2.08. The Kier molecular flexibility index (Phi) is 9.13. The number of benzene rings is 1. The van der Waals surface area contributed by atoms with Crippen molar-refractivity contribution < 1.29 is 14.3 Å². The van der Waals surface area contributed by atoms with Crippen LogP contribution in [-0.4, -0.2) is 25.0 Å². The summed E-state index contributed by atoms with van der Waals surface area (Å²) in [5.41, 5.74) is 1.66. The molecule has 0 aliphatic heterocycles. The van der Waals surface area contributed by atoms with Gasteiger partial charge in [0, 0.05) is 24.6 Å². The molecule has 0 aliphatic carbocycles. The summed E-state index contributed by atoms with van der Waals surface area (Å²) in [4.78, 5) is 22.7. The van der Waals surface area contributed by atoms with E-state index in [-0.39, 0.29) is 11.9 Å². The average Bonchev–Trinajstić information content (AvgIpc) is 2.57. The molecule has 0 spiro atoms. The lowest BCUT2D eigenvalue weighted by atomic mass is 10.1. The van der Waals surface area contributed by atoms with E-state index in [0.29, 0.717) is 25.1 Å². The van der Waals surface area contributed by atoms with Crippen LogP contribution in [0.5, 0.6) is 0 Å². The molecule has 0 atom stereocenters. The van der Waals surface area contributed by atoms with Gasteiger partial charge in [0.05, 0.1) is 6.61 Å². The van der Waals surface area contributed by atoms with Gasteiger partial charge in [0.1, 0.15) is 0 Å². The van der Waals surface area contributed by atoms with Crippen LogP contribution in [0, 0.1) is 0 Å². The Labute approximate surface area is 138 Å². The summed E-state index contributed by atoms with van der Waals surface area (Å²) in [6, 6.07) is 9.82. The molecule has 0 aromatic heterocycles. The highest BCUT2D eigenvalue weighted by Gasteiger charge is 2.06. The summed E-state index contributed by atoms with van der Waals surface area (Å²) in [5, 5.41) is 2.88. The van der Waals surface area contributed by atoms with E-state index in [9.17, 15) is 9.59 Å². The SMILES string of the molecule is C=CC(=O)OCCCCCCNC(=O)C(=C)Cc1ccccc1. The van der Waals surface area contributed by atoms with Gasteiger partial charge in [0.15, 0.2) is 0 Å². The zero-order valence-electron chi connectivity index (χ0n) is 13.6. The number of carbonyl (C=O) groups is 2. The first-order valence-electron chi connectivity index (χ1n) is 7.92. The molecule has 0 aliphatic rings. The number of hydrogen-bond acceptors (Lipinski definition) is 3. The second-order valence-corrected chi connectivity index (χ2v) is 5.31. The third kappa shape index (κ3) is 8.61. The highest BCUT2D eigenvalue weighted by molar-refractivity contribution is 5.93. The fraction of sp³-hybridized carbons (Fsp3) is 0.368. The Morgan fingerprint density at radius 1 is 1.09 bits per heavy atom. The average molecular weight is 315 g/mol. The molecule has 1 N–H and O–H groups in total. The highest BCUT2D eigenvalue weighted by Crippen LogP contribution is 2.06. The van der Waals surface area contributed by atoms with Gasteiger partial charge in [-0.3, -0.25) is 4.79 Å². The Balaban J connectivity index is 2.04. The van der Waals surface area contributed by atoms with Crippen molar-refractivity contribution >= 4 is 11.9 Å². The number of unbranched alkanes of at least 4 members (excludes halogenated alkanes) is 3. The molecule has 1 amide bonds. The van der Waals surface area contributed by atoms with Crippen LogP contribution in [0.2, 0.25) is 0 Å². The van der Waals surface area contributed by atoms with Crippen LogP contribution in [-0.2, 0) is 20.7 Å². The molecule has 1 aromatic rings. The molecule has 0 fully saturated rings. The van der Waals surface area contributed by atoms with E-state index in [0.717, 1.165) is 37.3 Å². The Hall–Kier alpha value is -2.36. The van der Waals surface area contributed by atoms with E-state index in [1.54, 1.807) is 0 Å². The standard InChI is InChI=1S/C19H25NO3/c1-3-18(21)23-14-10-5-4-9-13-20-19(22)16(2)15-17-11-7-6-8-12-17/h3,6-8,11-12H,1-2,4-5,9-10,13-15H2,(H,20,22). The fourth-order valence-electron chi connectivity index (χ4n) is 2.06. The van der Waals surface area contributed by atoms with Crippen LogP contribution in [0.15, 0.2) is 55.1 Å². The predicted molar refractivity (Wildman–Crippen MR) is 91.9 cm³/mol. The maximum atomic E-state index is 11.9. The molecule has 0 saturated carbocycles. The maximum absolute atomic E-state index is 11.9. The van der Waals surface area contributed by atoms with E-state index in [1.807, 2.05) is 30.3 Å². The first-order chi connectivity index (χ1) is 11.1. The molecule has 0 bridgehead atoms. The van der Waals surface area contributed by atoms with Crippen molar-refractivity contribution in [1.82, 2.24) is 5.32 Å². The van der Waals surface area contributed by atoms with Crippen LogP contribution in [0.1, 0.15) is 31.2 Å². The third-order valence-corrected chi connectivity index (χ3v) is 3.35. The molecule has 124 valence electrons. The second kappa shape index (κ2) is 11.2. The van der Waals surface area contributed by atoms with Gasteiger partial charge in [0.2, 0.25) is 5.91 Å². The van der Waals surface area contributed by atoms with Crippen molar-refractivity contribution in [2.75, 3.05) is 13.2 Å². The smallest absolute Gasteiger partial charge is 0.330 e. The van der Waals surface area contributed by atoms with Crippen LogP contribution in [0.3, 0.4) is 0 Å². The Morgan fingerprint density at radius 2 is 1.78 bits per heavy atom. The number of nitrogens with one attached hydrogen (secondary N) is 1. The Bertz CT molecular complexity index is 523. The molecule has 4 heteroatoms. The van der Waals surface area contributed by atoms with E-state index in [4.69, 9.17) is 4.74 Å². The zero-order valence-corrected chi connectivity index (χ0v) is 13.6. The van der Waals surface area contributed by atoms with Crippen molar-refractivity contribution in [2.24, 2.45) is 0 Å². The monoisotopic (exact) mass is 315 g/mol. The molecule has 0 unspecified atom stereocenters. The molecule has 1 aromatic carbocycles. The lowest BCUT2D eigenvalue weighted by Crippen LogP contribution is -2.26. The maximum Gasteiger partial charge on any atom is 0.330 e. The van der Waals surface area contributed by atoms with Crippen LogP contribution >= 0.6 is 0 Å². The summed E-state index contributed by atoms with van der Waals surface area (Å²) >= 11 is 0. The predicted octanol–water partition coefficient (Wildman–Crippen LogP) is 3.19. The van der Waals surface area contributed by atoms with Crippen LogP contribution in [0.25, 0.3) is 0 Å². The molecular formula is C19H25NO3. The van der Waals surface area contributed by atoms with Crippen molar-refractivity contribution in [3.05, 3.63) is 60.7 Å². The summed E-state index contributed by atoms with van der Waals surface area (Å²) in [7, 11) is 0. The number of carbonyl (C=O) groups excluding carboxylic acids is 2. The third-order valence-electron chi connectivity index (χ3n) is 3.35. The number of rotatable bonds is 11. The first-order valence-corrected chi connectivity index (χ1v) is 7.92. The van der Waals surface area contributed by atoms with Gasteiger partial charge < -0.3 is 10.1 Å². The van der Waals surface area contributed by atoms with Gasteiger partial charge in [-0.1, -0.05) is 49.9 Å². The molecule has 0 heterocycles. The molecular weight excluding hydrogens is 290 g/mol. The number of hydrogen-bond donors (Lipinski definition) is 1. The minimum absolute atomic E-state index is 0.0891. The summed E-state index contributed by atoms with van der Waals surface area (Å²) in [6.07, 6.45) is 5.41. The normalized spacial score (nSPS) is 9.91. The van der Waals surface area contributed by atoms with Gasteiger partial charge in [-0.2, -0.15) is 0 Å². The molecule has 23 heavy (non-hydrogen) atoms. The van der Waals surface area contributed by atoms with E-state index in [1.165, 1.54) is 0 Å². The molecule has 1 rings (SSSR count). The van der Waals surface area contributed by atoms with Gasteiger partial charge in [0.25, 0.3) is 0 Å². The largest absolute Gasteiger partial charge is 0.463 e. The fourth-order valence-corrected chi connectivity index (χ4v) is 2.06. The molecule has 4 nitrogen and oxygen atoms in total. The van der Waals surface area contributed by atoms with Gasteiger partial charge in [-0.15, -0.1) is 0 Å². The quantitative estimate of drug-likeness (QED) is 0.387. The van der Waals surface area contributed by atoms with E-state index >= 15 is 0 Å². The van der Waals surface area contributed by atoms with Crippen LogP contribution in [0.4, 0.5) is 0 Å².